The third-order valence-electron chi connectivity index (χ3n) is 5.36. The van der Waals surface area contributed by atoms with Crippen molar-refractivity contribution >= 4 is 42.1 Å². The van der Waals surface area contributed by atoms with E-state index in [4.69, 9.17) is 5.73 Å². The Balaban J connectivity index is 0.00000121. The topological polar surface area (TPSA) is 85.8 Å². The molecular formula is C17H25Cl2N5OS. The van der Waals surface area contributed by atoms with E-state index in [1.807, 2.05) is 13.2 Å². The van der Waals surface area contributed by atoms with Gasteiger partial charge in [0.05, 0.1) is 12.4 Å². The fourth-order valence-corrected chi connectivity index (χ4v) is 5.09. The summed E-state index contributed by atoms with van der Waals surface area (Å²) in [6.45, 7) is 0. The second kappa shape index (κ2) is 8.69. The summed E-state index contributed by atoms with van der Waals surface area (Å²) in [6.07, 6.45) is 11.0. The number of amides is 1. The van der Waals surface area contributed by atoms with Crippen molar-refractivity contribution in [3.63, 3.8) is 0 Å². The standard InChI is InChI=1S/C17H23N5OS.2ClH/c1-22-9-12(7-20-22)17-19-8-14(24-17)16(23)21-15-10-3-2-4-11(15)6-13(18)5-10;;/h7-11,13,15H,2-6,18H2,1H3,(H,21,23);2*1H. The molecule has 9 heteroatoms. The fourth-order valence-electron chi connectivity index (χ4n) is 4.29. The maximum absolute atomic E-state index is 12.7. The summed E-state index contributed by atoms with van der Waals surface area (Å²) in [7, 11) is 1.87. The number of carbonyl (C=O) groups is 1. The normalized spacial score (nSPS) is 27.2. The van der Waals surface area contributed by atoms with Crippen LogP contribution < -0.4 is 11.1 Å². The van der Waals surface area contributed by atoms with E-state index in [0.29, 0.717) is 22.8 Å². The molecule has 2 aliphatic carbocycles. The van der Waals surface area contributed by atoms with Gasteiger partial charge in [0.1, 0.15) is 9.88 Å². The van der Waals surface area contributed by atoms with E-state index in [1.165, 1.54) is 30.6 Å². The second-order valence-electron chi connectivity index (χ2n) is 7.11. The number of rotatable bonds is 3. The quantitative estimate of drug-likeness (QED) is 0.803. The van der Waals surface area contributed by atoms with Gasteiger partial charge >= 0.3 is 0 Å². The van der Waals surface area contributed by atoms with Gasteiger partial charge in [-0.05, 0) is 37.5 Å². The van der Waals surface area contributed by atoms with Crippen molar-refractivity contribution in [3.05, 3.63) is 23.5 Å². The molecule has 0 spiro atoms. The van der Waals surface area contributed by atoms with Gasteiger partial charge < -0.3 is 11.1 Å². The van der Waals surface area contributed by atoms with Crippen molar-refractivity contribution in [2.24, 2.45) is 24.6 Å². The molecule has 0 aromatic carbocycles. The average molecular weight is 418 g/mol. The zero-order chi connectivity index (χ0) is 16.7. The summed E-state index contributed by atoms with van der Waals surface area (Å²) in [5.41, 5.74) is 7.12. The zero-order valence-corrected chi connectivity index (χ0v) is 17.1. The molecule has 1 amide bonds. The molecular weight excluding hydrogens is 393 g/mol. The van der Waals surface area contributed by atoms with Crippen LogP contribution in [0.4, 0.5) is 0 Å². The highest BCUT2D eigenvalue weighted by molar-refractivity contribution is 7.16. The van der Waals surface area contributed by atoms with Crippen LogP contribution in [0.15, 0.2) is 18.6 Å². The minimum Gasteiger partial charge on any atom is -0.348 e. The van der Waals surface area contributed by atoms with Crippen LogP contribution in [-0.4, -0.2) is 32.8 Å². The van der Waals surface area contributed by atoms with Crippen LogP contribution >= 0.6 is 36.2 Å². The fraction of sp³-hybridized carbons (Fsp3) is 0.588. The maximum atomic E-state index is 12.7. The van der Waals surface area contributed by atoms with Gasteiger partial charge in [-0.1, -0.05) is 6.42 Å². The number of nitrogens with one attached hydrogen (secondary N) is 1. The van der Waals surface area contributed by atoms with E-state index in [9.17, 15) is 4.79 Å². The van der Waals surface area contributed by atoms with E-state index in [2.05, 4.69) is 15.4 Å². The number of hydrogen-bond donors (Lipinski definition) is 2. The lowest BCUT2D eigenvalue weighted by molar-refractivity contribution is 0.0759. The first-order valence-electron chi connectivity index (χ1n) is 8.61. The first-order chi connectivity index (χ1) is 11.6. The monoisotopic (exact) mass is 417 g/mol. The van der Waals surface area contributed by atoms with Gasteiger partial charge in [0.25, 0.3) is 5.91 Å². The Hall–Kier alpha value is -1.15. The van der Waals surface area contributed by atoms with Gasteiger partial charge in [-0.3, -0.25) is 9.48 Å². The Morgan fingerprint density at radius 2 is 1.96 bits per heavy atom. The van der Waals surface area contributed by atoms with Crippen molar-refractivity contribution in [2.75, 3.05) is 0 Å². The SMILES string of the molecule is Cl.Cl.Cn1cc(-c2ncc(C(=O)NC3C4CCCC3CC(N)C4)s2)cn1. The highest BCUT2D eigenvalue weighted by atomic mass is 35.5. The van der Waals surface area contributed by atoms with Crippen LogP contribution in [0.5, 0.6) is 0 Å². The van der Waals surface area contributed by atoms with E-state index in [0.717, 1.165) is 23.4 Å². The summed E-state index contributed by atoms with van der Waals surface area (Å²) in [5.74, 6) is 1.06. The van der Waals surface area contributed by atoms with E-state index >= 15 is 0 Å². The first kappa shape index (κ1) is 21.2. The predicted octanol–water partition coefficient (Wildman–Crippen LogP) is 3.02. The summed E-state index contributed by atoms with van der Waals surface area (Å²) >= 11 is 1.42. The number of carbonyl (C=O) groups excluding carboxylic acids is 1. The molecule has 2 bridgehead atoms. The number of thiazole rings is 1. The lowest BCUT2D eigenvalue weighted by Crippen LogP contribution is -2.53. The molecule has 2 aromatic rings. The Kier molecular flexibility index (Phi) is 7.07. The third kappa shape index (κ3) is 4.22. The van der Waals surface area contributed by atoms with E-state index < -0.39 is 0 Å². The van der Waals surface area contributed by atoms with E-state index in [-0.39, 0.29) is 36.8 Å². The zero-order valence-electron chi connectivity index (χ0n) is 14.6. The third-order valence-corrected chi connectivity index (χ3v) is 6.40. The minimum absolute atomic E-state index is 0. The first-order valence-corrected chi connectivity index (χ1v) is 9.43. The average Bonchev–Trinajstić information content (AvgIpc) is 3.17. The molecule has 2 atom stereocenters. The van der Waals surface area contributed by atoms with Crippen molar-refractivity contribution in [3.8, 4) is 10.6 Å². The van der Waals surface area contributed by atoms with Gasteiger partial charge in [0.2, 0.25) is 0 Å². The van der Waals surface area contributed by atoms with Crippen molar-refractivity contribution in [1.82, 2.24) is 20.1 Å². The lowest BCUT2D eigenvalue weighted by Gasteiger charge is -2.45. The summed E-state index contributed by atoms with van der Waals surface area (Å²) in [4.78, 5) is 17.7. The molecule has 4 rings (SSSR count). The Morgan fingerprint density at radius 1 is 1.27 bits per heavy atom. The molecule has 144 valence electrons. The number of aryl methyl sites for hydroxylation is 1. The second-order valence-corrected chi connectivity index (χ2v) is 8.14. The molecule has 2 unspecified atom stereocenters. The minimum atomic E-state index is 0. The highest BCUT2D eigenvalue weighted by Gasteiger charge is 2.40. The molecule has 2 aromatic heterocycles. The molecule has 0 saturated heterocycles. The van der Waals surface area contributed by atoms with E-state index in [1.54, 1.807) is 17.1 Å². The molecule has 2 heterocycles. The largest absolute Gasteiger partial charge is 0.348 e. The summed E-state index contributed by atoms with van der Waals surface area (Å²) in [5, 5.41) is 8.27. The van der Waals surface area contributed by atoms with Gasteiger partial charge in [-0.2, -0.15) is 5.10 Å². The number of aromatic nitrogens is 3. The summed E-state index contributed by atoms with van der Waals surface area (Å²) in [6, 6.07) is 0.573. The molecule has 2 fully saturated rings. The molecule has 0 radical (unpaired) electrons. The predicted molar refractivity (Wildman–Crippen MR) is 108 cm³/mol. The number of hydrogen-bond acceptors (Lipinski definition) is 5. The molecule has 0 aliphatic heterocycles. The van der Waals surface area contributed by atoms with Crippen LogP contribution in [0, 0.1) is 11.8 Å². The molecule has 26 heavy (non-hydrogen) atoms. The van der Waals surface area contributed by atoms with Crippen LogP contribution in [0.2, 0.25) is 0 Å². The molecule has 2 aliphatic rings. The van der Waals surface area contributed by atoms with Crippen LogP contribution in [-0.2, 0) is 7.05 Å². The highest BCUT2D eigenvalue weighted by Crippen LogP contribution is 2.40. The number of fused-ring (bicyclic) bond motifs is 2. The van der Waals surface area contributed by atoms with Crippen molar-refractivity contribution in [1.29, 1.82) is 0 Å². The lowest BCUT2D eigenvalue weighted by atomic mass is 9.67. The van der Waals surface area contributed by atoms with Gasteiger partial charge in [-0.15, -0.1) is 36.2 Å². The van der Waals surface area contributed by atoms with Crippen molar-refractivity contribution in [2.45, 2.75) is 44.2 Å². The van der Waals surface area contributed by atoms with Crippen LogP contribution in [0.25, 0.3) is 10.6 Å². The Labute approximate surface area is 169 Å². The molecule has 3 N–H and O–H groups in total. The Bertz CT molecular complexity index is 735. The Morgan fingerprint density at radius 3 is 2.58 bits per heavy atom. The van der Waals surface area contributed by atoms with Crippen LogP contribution in [0.3, 0.4) is 0 Å². The van der Waals surface area contributed by atoms with Crippen molar-refractivity contribution < 1.29 is 4.79 Å². The van der Waals surface area contributed by atoms with Crippen LogP contribution in [0.1, 0.15) is 41.8 Å². The smallest absolute Gasteiger partial charge is 0.263 e. The number of halogens is 2. The molecule has 6 nitrogen and oxygen atoms in total. The maximum Gasteiger partial charge on any atom is 0.263 e. The van der Waals surface area contributed by atoms with Gasteiger partial charge in [0, 0.05) is 30.9 Å². The van der Waals surface area contributed by atoms with Gasteiger partial charge in [0.15, 0.2) is 0 Å². The van der Waals surface area contributed by atoms with Gasteiger partial charge in [-0.25, -0.2) is 4.98 Å². The molecule has 2 saturated carbocycles. The number of nitrogens with two attached hydrogens (primary N) is 1. The number of nitrogens with zero attached hydrogens (tertiary/aromatic N) is 3. The summed E-state index contributed by atoms with van der Waals surface area (Å²) < 4.78 is 1.74.